The van der Waals surface area contributed by atoms with Crippen molar-refractivity contribution < 1.29 is 0 Å². The predicted octanol–water partition coefficient (Wildman–Crippen LogP) is 18.4. The van der Waals surface area contributed by atoms with Gasteiger partial charge < -0.3 is 11.5 Å². The van der Waals surface area contributed by atoms with Crippen molar-refractivity contribution in [3.63, 3.8) is 0 Å². The molecule has 1 saturated carbocycles. The average molecular weight is 839 g/mol. The van der Waals surface area contributed by atoms with Gasteiger partial charge in [-0.25, -0.2) is 0 Å². The van der Waals surface area contributed by atoms with E-state index < -0.39 is 0 Å². The summed E-state index contributed by atoms with van der Waals surface area (Å²) in [5, 5.41) is 0. The van der Waals surface area contributed by atoms with Crippen LogP contribution < -0.4 is 11.5 Å². The molecule has 2 atom stereocenters. The van der Waals surface area contributed by atoms with Gasteiger partial charge in [-0.15, -0.1) is 0 Å². The molecule has 4 aromatic carbocycles. The molecule has 0 aliphatic heterocycles. The molecule has 0 heterocycles. The number of rotatable bonds is 31. The standard InChI is InChI=1S/C60H90N2/c1-4-7-10-13-16-17-18-19-20-23-26-49-45-47-60(48-46-49,54-37-29-50(30-38-54)58(27-24-21-14-11-8-5-2)52-33-41-56(61)42-34-52)55-39-31-51(32-40-55)59(28-25-22-15-12-9-6-3)53-35-43-57(62)44-36-53/h29-44,49,58-59H,4-28,45-48,61-62H2,1-3H3. The van der Waals surface area contributed by atoms with Gasteiger partial charge in [0, 0.05) is 28.6 Å². The van der Waals surface area contributed by atoms with Gasteiger partial charge in [0.05, 0.1) is 0 Å². The third-order valence-electron chi connectivity index (χ3n) is 15.0. The fourth-order valence-corrected chi connectivity index (χ4v) is 11.0. The number of nitrogens with two attached hydrogens (primary N) is 2. The van der Waals surface area contributed by atoms with Crippen LogP contribution >= 0.6 is 0 Å². The lowest BCUT2D eigenvalue weighted by Crippen LogP contribution is -2.33. The monoisotopic (exact) mass is 839 g/mol. The second-order valence-corrected chi connectivity index (χ2v) is 19.8. The van der Waals surface area contributed by atoms with Gasteiger partial charge in [0.15, 0.2) is 0 Å². The van der Waals surface area contributed by atoms with Crippen LogP contribution in [0.2, 0.25) is 0 Å². The Morgan fingerprint density at radius 3 is 1.02 bits per heavy atom. The molecule has 62 heavy (non-hydrogen) atoms. The highest BCUT2D eigenvalue weighted by molar-refractivity contribution is 5.47. The first-order valence-electron chi connectivity index (χ1n) is 26.4. The van der Waals surface area contributed by atoms with Crippen LogP contribution in [0.1, 0.15) is 252 Å². The Kier molecular flexibility index (Phi) is 22.6. The second-order valence-electron chi connectivity index (χ2n) is 19.8. The van der Waals surface area contributed by atoms with E-state index in [0.29, 0.717) is 11.8 Å². The molecule has 4 aromatic rings. The van der Waals surface area contributed by atoms with Gasteiger partial charge >= 0.3 is 0 Å². The summed E-state index contributed by atoms with van der Waals surface area (Å²) < 4.78 is 0. The van der Waals surface area contributed by atoms with Gasteiger partial charge in [-0.05, 0) is 102 Å². The van der Waals surface area contributed by atoms with Crippen LogP contribution in [0.25, 0.3) is 0 Å². The minimum Gasteiger partial charge on any atom is -0.399 e. The number of hydrogen-bond donors (Lipinski definition) is 2. The summed E-state index contributed by atoms with van der Waals surface area (Å²) in [5.74, 6) is 1.66. The summed E-state index contributed by atoms with van der Waals surface area (Å²) in [6, 6.07) is 37.6. The molecule has 340 valence electrons. The molecule has 0 aromatic heterocycles. The lowest BCUT2D eigenvalue weighted by molar-refractivity contribution is 0.250. The molecule has 2 unspecified atom stereocenters. The Balaban J connectivity index is 1.34. The number of hydrogen-bond acceptors (Lipinski definition) is 2. The predicted molar refractivity (Wildman–Crippen MR) is 273 cm³/mol. The highest BCUT2D eigenvalue weighted by atomic mass is 14.5. The van der Waals surface area contributed by atoms with E-state index in [-0.39, 0.29) is 5.41 Å². The minimum atomic E-state index is 0.0529. The first-order valence-corrected chi connectivity index (χ1v) is 26.4. The Morgan fingerprint density at radius 1 is 0.387 bits per heavy atom. The van der Waals surface area contributed by atoms with Crippen LogP contribution in [0.5, 0.6) is 0 Å². The van der Waals surface area contributed by atoms with Crippen LogP contribution in [0, 0.1) is 5.92 Å². The first kappa shape index (κ1) is 49.5. The van der Waals surface area contributed by atoms with Gasteiger partial charge in [-0.2, -0.15) is 0 Å². The highest BCUT2D eigenvalue weighted by Crippen LogP contribution is 2.48. The minimum absolute atomic E-state index is 0.0529. The molecule has 0 spiro atoms. The summed E-state index contributed by atoms with van der Waals surface area (Å²) in [6.45, 7) is 6.93. The molecule has 0 saturated heterocycles. The summed E-state index contributed by atoms with van der Waals surface area (Å²) in [6.07, 6.45) is 39.1. The zero-order valence-electron chi connectivity index (χ0n) is 40.1. The van der Waals surface area contributed by atoms with Gasteiger partial charge in [0.25, 0.3) is 0 Å². The average Bonchev–Trinajstić information content (AvgIpc) is 3.30. The van der Waals surface area contributed by atoms with Gasteiger partial charge in [-0.3, -0.25) is 0 Å². The van der Waals surface area contributed by atoms with E-state index in [2.05, 4.69) is 118 Å². The molecule has 5 rings (SSSR count). The van der Waals surface area contributed by atoms with Crippen molar-refractivity contribution >= 4 is 11.4 Å². The van der Waals surface area contributed by atoms with Gasteiger partial charge in [0.2, 0.25) is 0 Å². The molecule has 2 heteroatoms. The van der Waals surface area contributed by atoms with Crippen molar-refractivity contribution in [3.8, 4) is 0 Å². The molecule has 2 nitrogen and oxygen atoms in total. The van der Waals surface area contributed by atoms with Crippen molar-refractivity contribution in [2.24, 2.45) is 5.92 Å². The second kappa shape index (κ2) is 28.3. The summed E-state index contributed by atoms with van der Waals surface area (Å²) in [7, 11) is 0. The molecule has 0 bridgehead atoms. The van der Waals surface area contributed by atoms with Crippen LogP contribution in [-0.4, -0.2) is 0 Å². The Labute approximate surface area is 381 Å². The van der Waals surface area contributed by atoms with Crippen molar-refractivity contribution in [1.29, 1.82) is 0 Å². The fraction of sp³-hybridized carbons (Fsp3) is 0.600. The van der Waals surface area contributed by atoms with Crippen molar-refractivity contribution in [3.05, 3.63) is 130 Å². The number of unbranched alkanes of at least 4 members (excludes halogenated alkanes) is 19. The molecule has 1 fully saturated rings. The summed E-state index contributed by atoms with van der Waals surface area (Å²) in [5.41, 5.74) is 22.8. The van der Waals surface area contributed by atoms with Crippen molar-refractivity contribution in [1.82, 2.24) is 0 Å². The zero-order chi connectivity index (χ0) is 43.7. The largest absolute Gasteiger partial charge is 0.399 e. The molecule has 4 N–H and O–H groups in total. The van der Waals surface area contributed by atoms with Gasteiger partial charge in [-0.1, -0.05) is 241 Å². The van der Waals surface area contributed by atoms with E-state index in [1.165, 1.54) is 220 Å². The summed E-state index contributed by atoms with van der Waals surface area (Å²) >= 11 is 0. The lowest BCUT2D eigenvalue weighted by atomic mass is 9.62. The van der Waals surface area contributed by atoms with E-state index >= 15 is 0 Å². The maximum atomic E-state index is 6.18. The van der Waals surface area contributed by atoms with E-state index in [9.17, 15) is 0 Å². The maximum Gasteiger partial charge on any atom is 0.0314 e. The third-order valence-corrected chi connectivity index (χ3v) is 15.0. The maximum absolute atomic E-state index is 6.18. The van der Waals surface area contributed by atoms with E-state index in [0.717, 1.165) is 17.3 Å². The quantitative estimate of drug-likeness (QED) is 0.0392. The third kappa shape index (κ3) is 15.9. The Hall–Kier alpha value is -3.52. The molecule has 0 radical (unpaired) electrons. The molecular weight excluding hydrogens is 749 g/mol. The Morgan fingerprint density at radius 2 is 0.677 bits per heavy atom. The van der Waals surface area contributed by atoms with Crippen LogP contribution in [0.4, 0.5) is 11.4 Å². The first-order chi connectivity index (χ1) is 30.5. The summed E-state index contributed by atoms with van der Waals surface area (Å²) in [4.78, 5) is 0. The molecule has 1 aliphatic carbocycles. The van der Waals surface area contributed by atoms with Crippen LogP contribution in [-0.2, 0) is 5.41 Å². The topological polar surface area (TPSA) is 52.0 Å². The Bertz CT molecular complexity index is 1600. The van der Waals surface area contributed by atoms with Gasteiger partial charge in [0.1, 0.15) is 0 Å². The van der Waals surface area contributed by atoms with E-state index in [4.69, 9.17) is 11.5 Å². The number of anilines is 2. The van der Waals surface area contributed by atoms with Crippen molar-refractivity contribution in [2.45, 2.75) is 224 Å². The zero-order valence-corrected chi connectivity index (χ0v) is 40.1. The normalized spacial score (nSPS) is 17.6. The molecule has 0 amide bonds. The van der Waals surface area contributed by atoms with E-state index in [1.54, 1.807) is 0 Å². The lowest BCUT2D eigenvalue weighted by Gasteiger charge is -2.42. The van der Waals surface area contributed by atoms with Crippen molar-refractivity contribution in [2.75, 3.05) is 11.5 Å². The smallest absolute Gasteiger partial charge is 0.0314 e. The number of benzene rings is 4. The fourth-order valence-electron chi connectivity index (χ4n) is 11.0. The van der Waals surface area contributed by atoms with E-state index in [1.807, 2.05) is 0 Å². The highest BCUT2D eigenvalue weighted by Gasteiger charge is 2.38. The van der Waals surface area contributed by atoms with Crippen LogP contribution in [0.15, 0.2) is 97.1 Å². The SMILES string of the molecule is CCCCCCCCCCCCC1CCC(c2ccc(C(CCCCCCCC)c3ccc(N)cc3)cc2)(c2ccc(C(CCCCCCCC)c3ccc(N)cc3)cc2)CC1. The van der Waals surface area contributed by atoms with Crippen LogP contribution in [0.3, 0.4) is 0 Å². The molecular formula is C60H90N2. The number of nitrogen functional groups attached to an aromatic ring is 2. The molecule has 1 aliphatic rings.